The predicted molar refractivity (Wildman–Crippen MR) is 55.9 cm³/mol. The molecule has 0 heterocycles. The molecule has 0 atom stereocenters. The Balaban J connectivity index is 3.14. The van der Waals surface area contributed by atoms with Crippen LogP contribution < -0.4 is 0 Å². The molecular formula is C10H11N3O2. The molecule has 0 aromatic heterocycles. The van der Waals surface area contributed by atoms with Crippen LogP contribution in [0, 0.1) is 6.92 Å². The van der Waals surface area contributed by atoms with Gasteiger partial charge in [0.1, 0.15) is 0 Å². The van der Waals surface area contributed by atoms with E-state index < -0.39 is 5.97 Å². The molecule has 1 aromatic rings. The molecule has 0 saturated carbocycles. The Hall–Kier alpha value is -2.00. The van der Waals surface area contributed by atoms with Gasteiger partial charge in [0.25, 0.3) is 0 Å². The molecule has 0 amide bonds. The SMILES string of the molecule is CCOC(=O)c1cccc(N=[N+]=[N-])c1C. The molecule has 0 radical (unpaired) electrons. The van der Waals surface area contributed by atoms with E-state index in [0.29, 0.717) is 23.4 Å². The molecule has 0 aliphatic heterocycles. The minimum Gasteiger partial charge on any atom is -0.462 e. The molecule has 5 nitrogen and oxygen atoms in total. The molecule has 0 aliphatic rings. The van der Waals surface area contributed by atoms with Gasteiger partial charge in [-0.05, 0) is 31.0 Å². The van der Waals surface area contributed by atoms with E-state index in [0.717, 1.165) is 0 Å². The minimum absolute atomic E-state index is 0.323. The molecule has 0 bridgehead atoms. The fraction of sp³-hybridized carbons (Fsp3) is 0.300. The highest BCUT2D eigenvalue weighted by Crippen LogP contribution is 2.22. The zero-order valence-electron chi connectivity index (χ0n) is 8.60. The van der Waals surface area contributed by atoms with Gasteiger partial charge in [0.2, 0.25) is 0 Å². The maximum Gasteiger partial charge on any atom is 0.338 e. The highest BCUT2D eigenvalue weighted by molar-refractivity contribution is 5.92. The van der Waals surface area contributed by atoms with Gasteiger partial charge < -0.3 is 4.74 Å². The van der Waals surface area contributed by atoms with Crippen molar-refractivity contribution in [1.82, 2.24) is 0 Å². The van der Waals surface area contributed by atoms with Gasteiger partial charge in [-0.25, -0.2) is 4.79 Å². The van der Waals surface area contributed by atoms with Gasteiger partial charge in [0.05, 0.1) is 12.2 Å². The zero-order valence-corrected chi connectivity index (χ0v) is 8.60. The first kappa shape index (κ1) is 11.1. The lowest BCUT2D eigenvalue weighted by Gasteiger charge is -2.06. The van der Waals surface area contributed by atoms with Crippen LogP contribution in [0.3, 0.4) is 0 Å². The maximum atomic E-state index is 11.5. The molecule has 15 heavy (non-hydrogen) atoms. The molecule has 5 heteroatoms. The Morgan fingerprint density at radius 3 is 2.93 bits per heavy atom. The van der Waals surface area contributed by atoms with Crippen LogP contribution in [0.25, 0.3) is 10.4 Å². The third-order valence-corrected chi connectivity index (χ3v) is 1.95. The summed E-state index contributed by atoms with van der Waals surface area (Å²) in [4.78, 5) is 14.2. The second-order valence-corrected chi connectivity index (χ2v) is 2.86. The maximum absolute atomic E-state index is 11.5. The molecule has 0 spiro atoms. The summed E-state index contributed by atoms with van der Waals surface area (Å²) >= 11 is 0. The smallest absolute Gasteiger partial charge is 0.338 e. The molecular weight excluding hydrogens is 194 g/mol. The summed E-state index contributed by atoms with van der Waals surface area (Å²) in [5.41, 5.74) is 9.83. The van der Waals surface area contributed by atoms with E-state index >= 15 is 0 Å². The number of hydrogen-bond acceptors (Lipinski definition) is 3. The molecule has 1 aromatic carbocycles. The van der Waals surface area contributed by atoms with Crippen molar-refractivity contribution in [3.05, 3.63) is 39.8 Å². The summed E-state index contributed by atoms with van der Waals surface area (Å²) in [6.45, 7) is 3.78. The molecule has 1 rings (SSSR count). The molecule has 0 fully saturated rings. The van der Waals surface area contributed by atoms with Crippen molar-refractivity contribution in [3.63, 3.8) is 0 Å². The van der Waals surface area contributed by atoms with Crippen LogP contribution in [-0.2, 0) is 4.74 Å². The zero-order chi connectivity index (χ0) is 11.3. The number of rotatable bonds is 3. The second kappa shape index (κ2) is 5.02. The van der Waals surface area contributed by atoms with Crippen LogP contribution in [0.15, 0.2) is 23.3 Å². The number of esters is 1. The highest BCUT2D eigenvalue weighted by atomic mass is 16.5. The second-order valence-electron chi connectivity index (χ2n) is 2.86. The Morgan fingerprint density at radius 1 is 1.60 bits per heavy atom. The number of carbonyl (C=O) groups is 1. The number of benzene rings is 1. The van der Waals surface area contributed by atoms with Crippen molar-refractivity contribution in [2.45, 2.75) is 13.8 Å². The average molecular weight is 205 g/mol. The van der Waals surface area contributed by atoms with Gasteiger partial charge in [-0.15, -0.1) is 0 Å². The van der Waals surface area contributed by atoms with Crippen molar-refractivity contribution in [2.75, 3.05) is 6.61 Å². The van der Waals surface area contributed by atoms with Crippen molar-refractivity contribution < 1.29 is 9.53 Å². The minimum atomic E-state index is -0.398. The van der Waals surface area contributed by atoms with Gasteiger partial charge in [0.15, 0.2) is 0 Å². The van der Waals surface area contributed by atoms with Gasteiger partial charge in [-0.1, -0.05) is 17.2 Å². The monoisotopic (exact) mass is 205 g/mol. The first-order valence-electron chi connectivity index (χ1n) is 4.52. The van der Waals surface area contributed by atoms with Crippen molar-refractivity contribution in [3.8, 4) is 0 Å². The van der Waals surface area contributed by atoms with Crippen LogP contribution in [-0.4, -0.2) is 12.6 Å². The summed E-state index contributed by atoms with van der Waals surface area (Å²) < 4.78 is 4.87. The molecule has 0 saturated heterocycles. The summed E-state index contributed by atoms with van der Waals surface area (Å²) in [7, 11) is 0. The molecule has 78 valence electrons. The lowest BCUT2D eigenvalue weighted by atomic mass is 10.1. The summed E-state index contributed by atoms with van der Waals surface area (Å²) in [5, 5.41) is 3.48. The number of nitrogens with zero attached hydrogens (tertiary/aromatic N) is 3. The van der Waals surface area contributed by atoms with Crippen LogP contribution in [0.1, 0.15) is 22.8 Å². The van der Waals surface area contributed by atoms with E-state index in [-0.39, 0.29) is 0 Å². The van der Waals surface area contributed by atoms with Crippen molar-refractivity contribution >= 4 is 11.7 Å². The Bertz CT molecular complexity index is 423. The third kappa shape index (κ3) is 2.48. The van der Waals surface area contributed by atoms with E-state index in [1.54, 1.807) is 32.0 Å². The van der Waals surface area contributed by atoms with Gasteiger partial charge in [0, 0.05) is 10.6 Å². The normalized spacial score (nSPS) is 9.20. The third-order valence-electron chi connectivity index (χ3n) is 1.95. The summed E-state index contributed by atoms with van der Waals surface area (Å²) in [6, 6.07) is 4.95. The van der Waals surface area contributed by atoms with Gasteiger partial charge >= 0.3 is 5.97 Å². The first-order valence-corrected chi connectivity index (χ1v) is 4.52. The molecule has 0 unspecified atom stereocenters. The Morgan fingerprint density at radius 2 is 2.33 bits per heavy atom. The van der Waals surface area contributed by atoms with Crippen molar-refractivity contribution in [2.24, 2.45) is 5.11 Å². The van der Waals surface area contributed by atoms with Crippen LogP contribution in [0.2, 0.25) is 0 Å². The number of carbonyl (C=O) groups excluding carboxylic acids is 1. The lowest BCUT2D eigenvalue weighted by Crippen LogP contribution is -2.06. The van der Waals surface area contributed by atoms with E-state index in [9.17, 15) is 4.79 Å². The largest absolute Gasteiger partial charge is 0.462 e. The quantitative estimate of drug-likeness (QED) is 0.329. The Labute approximate surface area is 87.3 Å². The van der Waals surface area contributed by atoms with E-state index in [2.05, 4.69) is 10.0 Å². The van der Waals surface area contributed by atoms with Crippen LogP contribution >= 0.6 is 0 Å². The average Bonchev–Trinajstić information content (AvgIpc) is 2.22. The number of ether oxygens (including phenoxy) is 1. The van der Waals surface area contributed by atoms with Crippen LogP contribution in [0.5, 0.6) is 0 Å². The van der Waals surface area contributed by atoms with E-state index in [4.69, 9.17) is 10.3 Å². The van der Waals surface area contributed by atoms with E-state index in [1.807, 2.05) is 0 Å². The Kier molecular flexibility index (Phi) is 3.71. The van der Waals surface area contributed by atoms with Gasteiger partial charge in [-0.2, -0.15) is 0 Å². The first-order chi connectivity index (χ1) is 7.20. The molecule has 0 N–H and O–H groups in total. The van der Waals surface area contributed by atoms with E-state index in [1.165, 1.54) is 0 Å². The highest BCUT2D eigenvalue weighted by Gasteiger charge is 2.11. The van der Waals surface area contributed by atoms with Crippen molar-refractivity contribution in [1.29, 1.82) is 0 Å². The number of azide groups is 1. The fourth-order valence-corrected chi connectivity index (χ4v) is 1.21. The fourth-order valence-electron chi connectivity index (χ4n) is 1.21. The topological polar surface area (TPSA) is 75.1 Å². The van der Waals surface area contributed by atoms with Crippen LogP contribution in [0.4, 0.5) is 5.69 Å². The molecule has 0 aliphatic carbocycles. The summed E-state index contributed by atoms with van der Waals surface area (Å²) in [6.07, 6.45) is 0. The summed E-state index contributed by atoms with van der Waals surface area (Å²) in [5.74, 6) is -0.398. The lowest BCUT2D eigenvalue weighted by molar-refractivity contribution is 0.0525. The number of hydrogen-bond donors (Lipinski definition) is 0. The standard InChI is InChI=1S/C10H11N3O2/c1-3-15-10(14)8-5-4-6-9(7(8)2)12-13-11/h4-6H,3H2,1-2H3. The predicted octanol–water partition coefficient (Wildman–Crippen LogP) is 3.11. The van der Waals surface area contributed by atoms with Gasteiger partial charge in [-0.3, -0.25) is 0 Å².